The number of rotatable bonds is 5. The molecule has 0 bridgehead atoms. The predicted octanol–water partition coefficient (Wildman–Crippen LogP) is 5.16. The van der Waals surface area contributed by atoms with Crippen LogP contribution in [0.4, 0.5) is 4.39 Å². The molecule has 6 heteroatoms. The zero-order chi connectivity index (χ0) is 18.8. The molecule has 4 nitrogen and oxygen atoms in total. The summed E-state index contributed by atoms with van der Waals surface area (Å²) in [5.41, 5.74) is 3.41. The minimum Gasteiger partial charge on any atom is -0.462 e. The minimum atomic E-state index is -0.405. The molecular formula is C20H21FN2O2S. The van der Waals surface area contributed by atoms with Crippen LogP contribution >= 0.6 is 11.8 Å². The Morgan fingerprint density at radius 1 is 1.23 bits per heavy atom. The Kier molecular flexibility index (Phi) is 5.32. The number of nitrogens with zero attached hydrogens (tertiary/aromatic N) is 2. The predicted molar refractivity (Wildman–Crippen MR) is 102 cm³/mol. The van der Waals surface area contributed by atoms with Gasteiger partial charge >= 0.3 is 5.97 Å². The van der Waals surface area contributed by atoms with Gasteiger partial charge in [-0.2, -0.15) is 5.10 Å². The Morgan fingerprint density at radius 2 is 1.92 bits per heavy atom. The summed E-state index contributed by atoms with van der Waals surface area (Å²) in [5.74, 6) is -0.650. The molecule has 1 aromatic carbocycles. The first kappa shape index (κ1) is 18.5. The standard InChI is InChI=1S/C20H21FN2O2S/c1-5-25-20(24)18-17(12(2)3)15-10-11-16(26-4)23(15)22-19(18)13-6-8-14(21)9-7-13/h6-12H,5H2,1-4H3. The lowest BCUT2D eigenvalue weighted by Gasteiger charge is -2.18. The Morgan fingerprint density at radius 3 is 2.50 bits per heavy atom. The van der Waals surface area contributed by atoms with Crippen LogP contribution in [0.3, 0.4) is 0 Å². The molecule has 0 saturated heterocycles. The molecule has 0 spiro atoms. The highest BCUT2D eigenvalue weighted by molar-refractivity contribution is 7.98. The highest BCUT2D eigenvalue weighted by atomic mass is 32.2. The van der Waals surface area contributed by atoms with Gasteiger partial charge in [-0.3, -0.25) is 0 Å². The van der Waals surface area contributed by atoms with E-state index in [1.165, 1.54) is 12.1 Å². The van der Waals surface area contributed by atoms with Gasteiger partial charge in [0.05, 0.1) is 22.7 Å². The van der Waals surface area contributed by atoms with Crippen LogP contribution in [0, 0.1) is 5.82 Å². The van der Waals surface area contributed by atoms with Crippen molar-refractivity contribution in [2.75, 3.05) is 12.9 Å². The average Bonchev–Trinajstić information content (AvgIpc) is 3.03. The van der Waals surface area contributed by atoms with Crippen LogP contribution in [-0.2, 0) is 4.74 Å². The van der Waals surface area contributed by atoms with E-state index < -0.39 is 5.97 Å². The van der Waals surface area contributed by atoms with Crippen LogP contribution in [0.5, 0.6) is 0 Å². The van der Waals surface area contributed by atoms with Crippen molar-refractivity contribution in [1.82, 2.24) is 9.61 Å². The molecule has 0 N–H and O–H groups in total. The zero-order valence-corrected chi connectivity index (χ0v) is 16.1. The maximum absolute atomic E-state index is 13.4. The van der Waals surface area contributed by atoms with Crippen LogP contribution in [0.2, 0.25) is 0 Å². The van der Waals surface area contributed by atoms with Crippen LogP contribution in [0.25, 0.3) is 16.8 Å². The number of carbonyl (C=O) groups is 1. The fourth-order valence-corrected chi connectivity index (χ4v) is 3.60. The summed E-state index contributed by atoms with van der Waals surface area (Å²) < 4.78 is 20.6. The van der Waals surface area contributed by atoms with E-state index in [1.54, 1.807) is 30.8 Å². The van der Waals surface area contributed by atoms with E-state index in [-0.39, 0.29) is 18.3 Å². The number of aromatic nitrogens is 2. The van der Waals surface area contributed by atoms with Gasteiger partial charge in [0.1, 0.15) is 11.5 Å². The maximum Gasteiger partial charge on any atom is 0.340 e. The van der Waals surface area contributed by atoms with Crippen molar-refractivity contribution < 1.29 is 13.9 Å². The van der Waals surface area contributed by atoms with Gasteiger partial charge in [-0.1, -0.05) is 13.8 Å². The number of thioether (sulfide) groups is 1. The molecular weight excluding hydrogens is 351 g/mol. The van der Waals surface area contributed by atoms with Gasteiger partial charge in [-0.05, 0) is 61.1 Å². The first-order chi connectivity index (χ1) is 12.5. The first-order valence-corrected chi connectivity index (χ1v) is 9.73. The molecule has 3 rings (SSSR count). The minimum absolute atomic E-state index is 0.0868. The summed E-state index contributed by atoms with van der Waals surface area (Å²) in [5, 5.41) is 5.70. The number of carbonyl (C=O) groups excluding carboxylic acids is 1. The van der Waals surface area contributed by atoms with E-state index in [4.69, 9.17) is 9.84 Å². The number of fused-ring (bicyclic) bond motifs is 1. The lowest BCUT2D eigenvalue weighted by molar-refractivity contribution is 0.0525. The van der Waals surface area contributed by atoms with E-state index in [2.05, 4.69) is 0 Å². The van der Waals surface area contributed by atoms with Gasteiger partial charge < -0.3 is 4.74 Å². The summed E-state index contributed by atoms with van der Waals surface area (Å²) in [4.78, 5) is 12.8. The SMILES string of the molecule is CCOC(=O)c1c(-c2ccc(F)cc2)nn2c(SC)ccc2c1C(C)C. The molecule has 0 fully saturated rings. The van der Waals surface area contributed by atoms with E-state index >= 15 is 0 Å². The molecule has 0 unspecified atom stereocenters. The number of hydrogen-bond donors (Lipinski definition) is 0. The van der Waals surface area contributed by atoms with Crippen molar-refractivity contribution in [2.24, 2.45) is 0 Å². The molecule has 136 valence electrons. The van der Waals surface area contributed by atoms with Crippen molar-refractivity contribution in [3.63, 3.8) is 0 Å². The Labute approximate surface area is 156 Å². The van der Waals surface area contributed by atoms with Crippen LogP contribution in [0.1, 0.15) is 42.6 Å². The Bertz CT molecular complexity index is 949. The number of benzene rings is 1. The molecule has 26 heavy (non-hydrogen) atoms. The van der Waals surface area contributed by atoms with Crippen molar-refractivity contribution in [2.45, 2.75) is 31.7 Å². The summed E-state index contributed by atoms with van der Waals surface area (Å²) in [7, 11) is 0. The molecule has 0 amide bonds. The second-order valence-corrected chi connectivity index (χ2v) is 7.02. The fraction of sp³-hybridized carbons (Fsp3) is 0.300. The highest BCUT2D eigenvalue weighted by Crippen LogP contribution is 2.34. The monoisotopic (exact) mass is 372 g/mol. The molecule has 0 saturated carbocycles. The second-order valence-electron chi connectivity index (χ2n) is 6.19. The molecule has 0 aliphatic heterocycles. The largest absolute Gasteiger partial charge is 0.462 e. The van der Waals surface area contributed by atoms with Crippen LogP contribution < -0.4 is 0 Å². The number of halogens is 1. The summed E-state index contributed by atoms with van der Waals surface area (Å²) in [6, 6.07) is 9.98. The molecule has 0 aliphatic rings. The van der Waals surface area contributed by atoms with Gasteiger partial charge in [0.2, 0.25) is 0 Å². The summed E-state index contributed by atoms with van der Waals surface area (Å²) in [6.45, 7) is 6.14. The highest BCUT2D eigenvalue weighted by Gasteiger charge is 2.26. The normalized spacial score (nSPS) is 11.3. The first-order valence-electron chi connectivity index (χ1n) is 8.50. The lowest BCUT2D eigenvalue weighted by Crippen LogP contribution is -2.15. The van der Waals surface area contributed by atoms with Gasteiger partial charge in [-0.25, -0.2) is 13.7 Å². The van der Waals surface area contributed by atoms with Crippen LogP contribution in [-0.4, -0.2) is 28.4 Å². The molecule has 0 atom stereocenters. The van der Waals surface area contributed by atoms with E-state index in [1.807, 2.05) is 36.8 Å². The van der Waals surface area contributed by atoms with Crippen molar-refractivity contribution >= 4 is 23.2 Å². The summed E-state index contributed by atoms with van der Waals surface area (Å²) >= 11 is 1.58. The van der Waals surface area contributed by atoms with Gasteiger partial charge in [0, 0.05) is 5.56 Å². The number of ether oxygens (including phenoxy) is 1. The number of esters is 1. The molecule has 2 heterocycles. The van der Waals surface area contributed by atoms with Gasteiger partial charge in [0.25, 0.3) is 0 Å². The molecule has 2 aromatic heterocycles. The van der Waals surface area contributed by atoms with E-state index in [0.717, 1.165) is 16.1 Å². The third-order valence-corrected chi connectivity index (χ3v) is 4.91. The summed E-state index contributed by atoms with van der Waals surface area (Å²) in [6.07, 6.45) is 1.98. The van der Waals surface area contributed by atoms with Crippen molar-refractivity contribution in [3.05, 3.63) is 53.3 Å². The van der Waals surface area contributed by atoms with Crippen molar-refractivity contribution in [3.8, 4) is 11.3 Å². The molecule has 3 aromatic rings. The smallest absolute Gasteiger partial charge is 0.340 e. The number of hydrogen-bond acceptors (Lipinski definition) is 4. The van der Waals surface area contributed by atoms with Crippen molar-refractivity contribution in [1.29, 1.82) is 0 Å². The second kappa shape index (κ2) is 7.50. The van der Waals surface area contributed by atoms with Crippen LogP contribution in [0.15, 0.2) is 41.4 Å². The lowest BCUT2D eigenvalue weighted by atomic mass is 9.93. The maximum atomic E-state index is 13.4. The van der Waals surface area contributed by atoms with E-state index in [9.17, 15) is 9.18 Å². The fourth-order valence-electron chi connectivity index (χ4n) is 3.08. The molecule has 0 aliphatic carbocycles. The van der Waals surface area contributed by atoms with Gasteiger partial charge in [-0.15, -0.1) is 11.8 Å². The zero-order valence-electron chi connectivity index (χ0n) is 15.2. The van der Waals surface area contributed by atoms with E-state index in [0.29, 0.717) is 16.8 Å². The third kappa shape index (κ3) is 3.21. The Hall–Kier alpha value is -2.34. The average molecular weight is 372 g/mol. The molecule has 0 radical (unpaired) electrons. The Balaban J connectivity index is 2.40. The topological polar surface area (TPSA) is 43.6 Å². The third-order valence-electron chi connectivity index (χ3n) is 4.19. The van der Waals surface area contributed by atoms with Gasteiger partial charge in [0.15, 0.2) is 0 Å². The quantitative estimate of drug-likeness (QED) is 0.458.